The van der Waals surface area contributed by atoms with Crippen LogP contribution in [0.2, 0.25) is 0 Å². The topological polar surface area (TPSA) is 121 Å². The quantitative estimate of drug-likeness (QED) is 0.578. The lowest BCUT2D eigenvalue weighted by Gasteiger charge is -2.26. The van der Waals surface area contributed by atoms with Crippen LogP contribution >= 0.6 is 0 Å². The third-order valence-electron chi connectivity index (χ3n) is 4.27. The van der Waals surface area contributed by atoms with Crippen molar-refractivity contribution in [1.82, 2.24) is 5.48 Å². The zero-order valence-corrected chi connectivity index (χ0v) is 15.9. The predicted molar refractivity (Wildman–Crippen MR) is 103 cm³/mol. The molecule has 0 aromatic heterocycles. The zero-order chi connectivity index (χ0) is 20.4. The molecule has 2 aromatic rings. The second-order valence-corrected chi connectivity index (χ2v) is 7.76. The molecule has 1 aliphatic rings. The van der Waals surface area contributed by atoms with Crippen LogP contribution in [0.3, 0.4) is 0 Å². The minimum Gasteiger partial charge on any atom is -0.399 e. The highest BCUT2D eigenvalue weighted by atomic mass is 32.2. The van der Waals surface area contributed by atoms with E-state index in [4.69, 9.17) is 4.84 Å². The number of nitrogens with one attached hydrogen (secondary N) is 1. The maximum absolute atomic E-state index is 13.3. The number of carbonyl (C=O) groups is 1. The Kier molecular flexibility index (Phi) is 5.27. The number of hydrogen-bond acceptors (Lipinski definition) is 8. The summed E-state index contributed by atoms with van der Waals surface area (Å²) in [5.74, 6) is -0.839. The van der Waals surface area contributed by atoms with Gasteiger partial charge >= 0.3 is 0 Å². The largest absolute Gasteiger partial charge is 0.399 e. The summed E-state index contributed by atoms with van der Waals surface area (Å²) in [6.45, 7) is 1.36. The summed E-state index contributed by atoms with van der Waals surface area (Å²) < 4.78 is 26.6. The number of para-hydroxylation sites is 1. The Labute approximate surface area is 161 Å². The van der Waals surface area contributed by atoms with Crippen LogP contribution < -0.4 is 10.5 Å². The number of carbonyl (C=O) groups excluding carboxylic acids is 1. The first-order valence-electron chi connectivity index (χ1n) is 8.18. The van der Waals surface area contributed by atoms with Gasteiger partial charge in [0.25, 0.3) is 5.91 Å². The second-order valence-electron chi connectivity index (χ2n) is 5.90. The SMILES string of the molecule is CO/N=C(\C)C1(NO)C(=O)N(c2ccccc2)N=C1S(=O)(=O)c1ccccc1. The smallest absolute Gasteiger partial charge is 0.283 e. The Bertz CT molecular complexity index is 1040. The van der Waals surface area contributed by atoms with Gasteiger partial charge in [-0.15, -0.1) is 0 Å². The second kappa shape index (κ2) is 7.50. The van der Waals surface area contributed by atoms with E-state index >= 15 is 0 Å². The Hall–Kier alpha value is -3.08. The van der Waals surface area contributed by atoms with Gasteiger partial charge in [-0.05, 0) is 31.2 Å². The van der Waals surface area contributed by atoms with Gasteiger partial charge in [0.2, 0.25) is 15.4 Å². The van der Waals surface area contributed by atoms with Crippen molar-refractivity contribution in [2.45, 2.75) is 17.4 Å². The lowest BCUT2D eigenvalue weighted by Crippen LogP contribution is -2.63. The van der Waals surface area contributed by atoms with Gasteiger partial charge in [-0.2, -0.15) is 15.6 Å². The standard InChI is InChI=1S/C18H18N4O5S/c1-13(20-27-2)18(21-24)16(28(25,26)15-11-7-4-8-12-15)19-22(17(18)23)14-9-5-3-6-10-14/h3-12,21,24H,1-2H3/b20-13+. The minimum absolute atomic E-state index is 0.0821. The summed E-state index contributed by atoms with van der Waals surface area (Å²) in [7, 11) is -3.03. The Morgan fingerprint density at radius 2 is 1.71 bits per heavy atom. The fourth-order valence-corrected chi connectivity index (χ4v) is 4.48. The highest BCUT2D eigenvalue weighted by molar-refractivity contribution is 8.07. The molecule has 0 fully saturated rings. The summed E-state index contributed by atoms with van der Waals surface area (Å²) in [4.78, 5) is 17.9. The van der Waals surface area contributed by atoms with E-state index in [1.807, 2.05) is 5.48 Å². The van der Waals surface area contributed by atoms with Crippen molar-refractivity contribution in [3.05, 3.63) is 60.7 Å². The molecule has 3 rings (SSSR count). The van der Waals surface area contributed by atoms with Gasteiger partial charge in [0.15, 0.2) is 5.04 Å². The van der Waals surface area contributed by atoms with E-state index in [0.717, 1.165) is 5.01 Å². The molecule has 1 amide bonds. The van der Waals surface area contributed by atoms with Crippen molar-refractivity contribution in [2.75, 3.05) is 12.1 Å². The first kappa shape index (κ1) is 19.7. The Morgan fingerprint density at radius 1 is 1.14 bits per heavy atom. The van der Waals surface area contributed by atoms with Crippen LogP contribution in [0.1, 0.15) is 6.92 Å². The molecule has 0 saturated heterocycles. The minimum atomic E-state index is -4.27. The van der Waals surface area contributed by atoms with Crippen LogP contribution in [0.25, 0.3) is 0 Å². The van der Waals surface area contributed by atoms with E-state index < -0.39 is 26.3 Å². The van der Waals surface area contributed by atoms with Crippen molar-refractivity contribution >= 4 is 32.2 Å². The molecule has 1 atom stereocenters. The van der Waals surface area contributed by atoms with Gasteiger partial charge in [-0.3, -0.25) is 4.79 Å². The number of benzene rings is 2. The van der Waals surface area contributed by atoms with Gasteiger partial charge in [-0.1, -0.05) is 41.6 Å². The van der Waals surface area contributed by atoms with E-state index in [0.29, 0.717) is 5.69 Å². The van der Waals surface area contributed by atoms with Crippen molar-refractivity contribution in [2.24, 2.45) is 10.3 Å². The number of anilines is 1. The number of hydroxylamine groups is 1. The molecule has 0 bridgehead atoms. The number of oxime groups is 1. The number of amides is 1. The van der Waals surface area contributed by atoms with E-state index in [1.165, 1.54) is 26.2 Å². The van der Waals surface area contributed by atoms with E-state index in [1.54, 1.807) is 48.5 Å². The molecule has 146 valence electrons. The number of rotatable bonds is 5. The van der Waals surface area contributed by atoms with Gasteiger partial charge < -0.3 is 10.0 Å². The number of hydrogen-bond donors (Lipinski definition) is 2. The zero-order valence-electron chi connectivity index (χ0n) is 15.1. The highest BCUT2D eigenvalue weighted by Crippen LogP contribution is 2.32. The molecule has 2 aromatic carbocycles. The summed E-state index contributed by atoms with van der Waals surface area (Å²) in [5, 5.41) is 18.0. The molecule has 1 heterocycles. The van der Waals surface area contributed by atoms with Crippen LogP contribution in [-0.4, -0.2) is 42.9 Å². The lowest BCUT2D eigenvalue weighted by molar-refractivity contribution is -0.122. The molecular formula is C18H18N4O5S. The monoisotopic (exact) mass is 402 g/mol. The van der Waals surface area contributed by atoms with Gasteiger partial charge in [0, 0.05) is 0 Å². The summed E-state index contributed by atoms with van der Waals surface area (Å²) in [6, 6.07) is 15.8. The predicted octanol–water partition coefficient (Wildman–Crippen LogP) is 1.56. The van der Waals surface area contributed by atoms with Crippen molar-refractivity contribution < 1.29 is 23.3 Å². The van der Waals surface area contributed by atoms with Crippen LogP contribution in [0, 0.1) is 0 Å². The molecule has 0 spiro atoms. The average molecular weight is 402 g/mol. The molecule has 2 N–H and O–H groups in total. The third-order valence-corrected chi connectivity index (χ3v) is 6.06. The Morgan fingerprint density at radius 3 is 2.25 bits per heavy atom. The van der Waals surface area contributed by atoms with E-state index in [-0.39, 0.29) is 10.6 Å². The number of sulfone groups is 1. The average Bonchev–Trinajstić information content (AvgIpc) is 3.03. The fraction of sp³-hybridized carbons (Fsp3) is 0.167. The van der Waals surface area contributed by atoms with Crippen molar-refractivity contribution in [3.8, 4) is 0 Å². The molecule has 28 heavy (non-hydrogen) atoms. The highest BCUT2D eigenvalue weighted by Gasteiger charge is 2.59. The Balaban J connectivity index is 2.27. The lowest BCUT2D eigenvalue weighted by atomic mass is 9.96. The first-order valence-corrected chi connectivity index (χ1v) is 9.66. The summed E-state index contributed by atoms with van der Waals surface area (Å²) in [5.41, 5.74) is -0.207. The molecule has 9 nitrogen and oxygen atoms in total. The number of hydrazone groups is 1. The van der Waals surface area contributed by atoms with E-state index in [9.17, 15) is 18.4 Å². The number of nitrogens with zero attached hydrogens (tertiary/aromatic N) is 3. The molecule has 1 aliphatic heterocycles. The van der Waals surface area contributed by atoms with Crippen molar-refractivity contribution in [1.29, 1.82) is 0 Å². The molecule has 0 radical (unpaired) electrons. The van der Waals surface area contributed by atoms with Crippen LogP contribution in [0.15, 0.2) is 75.8 Å². The normalized spacial score (nSPS) is 20.2. The van der Waals surface area contributed by atoms with Gasteiger partial charge in [0.05, 0.1) is 16.3 Å². The maximum atomic E-state index is 13.3. The summed E-state index contributed by atoms with van der Waals surface area (Å²) >= 11 is 0. The molecular weight excluding hydrogens is 384 g/mol. The maximum Gasteiger partial charge on any atom is 0.283 e. The summed E-state index contributed by atoms with van der Waals surface area (Å²) in [6.07, 6.45) is 0. The molecule has 1 unspecified atom stereocenters. The van der Waals surface area contributed by atoms with E-state index in [2.05, 4.69) is 10.3 Å². The van der Waals surface area contributed by atoms with Crippen LogP contribution in [0.4, 0.5) is 5.69 Å². The van der Waals surface area contributed by atoms with Crippen molar-refractivity contribution in [3.63, 3.8) is 0 Å². The fourth-order valence-electron chi connectivity index (χ4n) is 2.86. The van der Waals surface area contributed by atoms with Gasteiger partial charge in [0.1, 0.15) is 7.11 Å². The van der Waals surface area contributed by atoms with Crippen LogP contribution in [-0.2, 0) is 19.5 Å². The van der Waals surface area contributed by atoms with Crippen LogP contribution in [0.5, 0.6) is 0 Å². The first-order chi connectivity index (χ1) is 13.4. The molecule has 0 saturated carbocycles. The van der Waals surface area contributed by atoms with Gasteiger partial charge in [-0.25, -0.2) is 8.42 Å². The molecule has 10 heteroatoms. The molecule has 0 aliphatic carbocycles. The third kappa shape index (κ3) is 2.97.